The Morgan fingerprint density at radius 1 is 1.27 bits per heavy atom. The monoisotopic (exact) mass is 330 g/mol. The Hall–Kier alpha value is -1.64. The minimum Gasteiger partial charge on any atom is -0.389 e. The van der Waals surface area contributed by atoms with Crippen LogP contribution < -0.4 is 11.2 Å². The van der Waals surface area contributed by atoms with Crippen LogP contribution in [0.2, 0.25) is 5.28 Å². The normalized spacial score (nSPS) is 13.2. The quantitative estimate of drug-likeness (QED) is 0.771. The van der Waals surface area contributed by atoms with Crippen LogP contribution in [0.25, 0.3) is 11.2 Å². The van der Waals surface area contributed by atoms with Crippen molar-refractivity contribution in [3.8, 4) is 0 Å². The van der Waals surface area contributed by atoms with Gasteiger partial charge in [0.1, 0.15) is 0 Å². The first-order valence-corrected chi connectivity index (χ1v) is 7.23. The predicted molar refractivity (Wildman–Crippen MR) is 82.3 cm³/mol. The van der Waals surface area contributed by atoms with Crippen molar-refractivity contribution in [1.82, 2.24) is 18.7 Å². The Labute approximate surface area is 131 Å². The summed E-state index contributed by atoms with van der Waals surface area (Å²) in [5.74, 6) is 0. The van der Waals surface area contributed by atoms with Crippen LogP contribution >= 0.6 is 11.6 Å². The van der Waals surface area contributed by atoms with Gasteiger partial charge in [-0.15, -0.1) is 0 Å². The summed E-state index contributed by atoms with van der Waals surface area (Å²) in [7, 11) is 2.89. The topological polar surface area (TPSA) is 91.3 Å². The molecule has 122 valence electrons. The Morgan fingerprint density at radius 2 is 1.91 bits per heavy atom. The lowest BCUT2D eigenvalue weighted by molar-refractivity contribution is -0.000284. The number of hydrogen-bond acceptors (Lipinski definition) is 5. The van der Waals surface area contributed by atoms with Crippen molar-refractivity contribution in [2.45, 2.75) is 32.6 Å². The van der Waals surface area contributed by atoms with Crippen LogP contribution in [0.4, 0.5) is 0 Å². The summed E-state index contributed by atoms with van der Waals surface area (Å²) in [6.07, 6.45) is -0.863. The van der Waals surface area contributed by atoms with Crippen LogP contribution in [0.1, 0.15) is 13.8 Å². The Morgan fingerprint density at radius 3 is 2.50 bits per heavy atom. The molecule has 1 atom stereocenters. The molecule has 0 saturated carbocycles. The second kappa shape index (κ2) is 6.23. The molecule has 0 aromatic carbocycles. The molecule has 9 heteroatoms. The first-order valence-electron chi connectivity index (χ1n) is 6.85. The van der Waals surface area contributed by atoms with Crippen molar-refractivity contribution < 1.29 is 9.84 Å². The van der Waals surface area contributed by atoms with Crippen molar-refractivity contribution in [2.75, 3.05) is 6.61 Å². The van der Waals surface area contributed by atoms with Gasteiger partial charge in [0.15, 0.2) is 11.2 Å². The van der Waals surface area contributed by atoms with Gasteiger partial charge in [-0.2, -0.15) is 4.98 Å². The van der Waals surface area contributed by atoms with Crippen LogP contribution in [0.3, 0.4) is 0 Å². The molecule has 0 aliphatic rings. The molecule has 22 heavy (non-hydrogen) atoms. The number of ether oxygens (including phenoxy) is 1. The van der Waals surface area contributed by atoms with Gasteiger partial charge < -0.3 is 14.4 Å². The number of fused-ring (bicyclic) bond motifs is 1. The van der Waals surface area contributed by atoms with E-state index in [2.05, 4.69) is 4.98 Å². The molecule has 2 aromatic rings. The average molecular weight is 331 g/mol. The van der Waals surface area contributed by atoms with Gasteiger partial charge in [-0.3, -0.25) is 13.9 Å². The zero-order valence-corrected chi connectivity index (χ0v) is 13.7. The maximum absolute atomic E-state index is 12.3. The Bertz CT molecular complexity index is 805. The molecule has 0 amide bonds. The molecular formula is C13H19ClN4O4. The Balaban J connectivity index is 2.49. The summed E-state index contributed by atoms with van der Waals surface area (Å²) in [5, 5.41) is 10.1. The molecule has 2 heterocycles. The van der Waals surface area contributed by atoms with Gasteiger partial charge in [0.2, 0.25) is 5.28 Å². The third kappa shape index (κ3) is 2.94. The highest BCUT2D eigenvalue weighted by molar-refractivity contribution is 6.29. The summed E-state index contributed by atoms with van der Waals surface area (Å²) in [6.45, 7) is 3.88. The molecule has 1 N–H and O–H groups in total. The van der Waals surface area contributed by atoms with E-state index in [9.17, 15) is 14.7 Å². The standard InChI is InChI=1S/C13H19ClN4O4/c1-7(2)22-6-8(19)5-18-9-10(15-12(18)14)16(3)13(21)17(4)11(9)20/h7-8,19H,5-6H2,1-4H3. The van der Waals surface area contributed by atoms with Crippen molar-refractivity contribution in [3.05, 3.63) is 26.1 Å². The van der Waals surface area contributed by atoms with E-state index in [1.54, 1.807) is 0 Å². The fraction of sp³-hybridized carbons (Fsp3) is 0.615. The van der Waals surface area contributed by atoms with E-state index in [1.807, 2.05) is 13.8 Å². The molecule has 0 saturated heterocycles. The van der Waals surface area contributed by atoms with Crippen LogP contribution in [0, 0.1) is 0 Å². The zero-order valence-electron chi connectivity index (χ0n) is 12.9. The lowest BCUT2D eigenvalue weighted by Gasteiger charge is -2.15. The molecule has 2 aromatic heterocycles. The molecule has 1 unspecified atom stereocenters. The molecule has 0 fully saturated rings. The van der Waals surface area contributed by atoms with Crippen LogP contribution in [-0.4, -0.2) is 42.6 Å². The largest absolute Gasteiger partial charge is 0.389 e. The second-order valence-corrected chi connectivity index (χ2v) is 5.74. The number of imidazole rings is 1. The SMILES string of the molecule is CC(C)OCC(O)Cn1c(Cl)nc2c1c(=O)n(C)c(=O)n2C. The van der Waals surface area contributed by atoms with Gasteiger partial charge in [0.05, 0.1) is 25.4 Å². The average Bonchev–Trinajstić information content (AvgIpc) is 2.78. The smallest absolute Gasteiger partial charge is 0.332 e. The lowest BCUT2D eigenvalue weighted by Crippen LogP contribution is -2.38. The first kappa shape index (κ1) is 16.7. The fourth-order valence-corrected chi connectivity index (χ4v) is 2.39. The molecule has 0 aliphatic heterocycles. The second-order valence-electron chi connectivity index (χ2n) is 5.41. The molecular weight excluding hydrogens is 312 g/mol. The van der Waals surface area contributed by atoms with E-state index in [1.165, 1.54) is 23.2 Å². The third-order valence-electron chi connectivity index (χ3n) is 3.32. The number of nitrogens with zero attached hydrogens (tertiary/aromatic N) is 4. The highest BCUT2D eigenvalue weighted by Crippen LogP contribution is 2.16. The van der Waals surface area contributed by atoms with Crippen LogP contribution in [0.5, 0.6) is 0 Å². The number of aliphatic hydroxyl groups excluding tert-OH is 1. The zero-order chi connectivity index (χ0) is 16.6. The van der Waals surface area contributed by atoms with Gasteiger partial charge in [0, 0.05) is 14.1 Å². The maximum Gasteiger partial charge on any atom is 0.332 e. The van der Waals surface area contributed by atoms with Crippen LogP contribution in [-0.2, 0) is 25.4 Å². The number of aryl methyl sites for hydroxylation is 1. The fourth-order valence-electron chi connectivity index (χ4n) is 2.15. The highest BCUT2D eigenvalue weighted by atomic mass is 35.5. The summed E-state index contributed by atoms with van der Waals surface area (Å²) in [6, 6.07) is 0. The van der Waals surface area contributed by atoms with Gasteiger partial charge in [-0.05, 0) is 25.4 Å². The van der Waals surface area contributed by atoms with E-state index < -0.39 is 17.4 Å². The van der Waals surface area contributed by atoms with Gasteiger partial charge in [0.25, 0.3) is 5.56 Å². The minimum absolute atomic E-state index is 0.0154. The van der Waals surface area contributed by atoms with E-state index in [0.29, 0.717) is 0 Å². The van der Waals surface area contributed by atoms with Crippen molar-refractivity contribution in [1.29, 1.82) is 0 Å². The van der Waals surface area contributed by atoms with Gasteiger partial charge >= 0.3 is 5.69 Å². The Kier molecular flexibility index (Phi) is 4.74. The minimum atomic E-state index is -0.848. The third-order valence-corrected chi connectivity index (χ3v) is 3.61. The van der Waals surface area contributed by atoms with E-state index in [0.717, 1.165) is 4.57 Å². The number of aromatic nitrogens is 4. The summed E-state index contributed by atoms with van der Waals surface area (Å²) in [5.41, 5.74) is -0.620. The highest BCUT2D eigenvalue weighted by Gasteiger charge is 2.20. The molecule has 0 radical (unpaired) electrons. The van der Waals surface area contributed by atoms with Crippen molar-refractivity contribution in [3.63, 3.8) is 0 Å². The number of aliphatic hydroxyl groups is 1. The number of rotatable bonds is 5. The van der Waals surface area contributed by atoms with Gasteiger partial charge in [-0.1, -0.05) is 0 Å². The molecule has 0 aliphatic carbocycles. The van der Waals surface area contributed by atoms with Gasteiger partial charge in [-0.25, -0.2) is 4.79 Å². The van der Waals surface area contributed by atoms with E-state index in [-0.39, 0.29) is 35.7 Å². The van der Waals surface area contributed by atoms with E-state index in [4.69, 9.17) is 16.3 Å². The molecule has 0 spiro atoms. The molecule has 8 nitrogen and oxygen atoms in total. The summed E-state index contributed by atoms with van der Waals surface area (Å²) in [4.78, 5) is 28.2. The predicted octanol–water partition coefficient (Wildman–Crippen LogP) is -0.127. The summed E-state index contributed by atoms with van der Waals surface area (Å²) < 4.78 is 8.96. The lowest BCUT2D eigenvalue weighted by atomic mass is 10.3. The van der Waals surface area contributed by atoms with Crippen molar-refractivity contribution in [2.24, 2.45) is 14.1 Å². The van der Waals surface area contributed by atoms with E-state index >= 15 is 0 Å². The number of halogens is 1. The maximum atomic E-state index is 12.3. The summed E-state index contributed by atoms with van der Waals surface area (Å²) >= 11 is 6.06. The first-order chi connectivity index (χ1) is 10.2. The van der Waals surface area contributed by atoms with Crippen molar-refractivity contribution >= 4 is 22.8 Å². The van der Waals surface area contributed by atoms with Crippen LogP contribution in [0.15, 0.2) is 9.59 Å². The molecule has 2 rings (SSSR count). The molecule has 0 bridgehead atoms. The number of hydrogen-bond donors (Lipinski definition) is 1.